The first-order valence-electron chi connectivity index (χ1n) is 5.09. The zero-order chi connectivity index (χ0) is 10.1. The highest BCUT2D eigenvalue weighted by Gasteiger charge is 2.27. The van der Waals surface area contributed by atoms with Crippen LogP contribution in [0, 0.1) is 0 Å². The Morgan fingerprint density at radius 3 is 3.07 bits per heavy atom. The highest BCUT2D eigenvalue weighted by molar-refractivity contribution is 8.00. The number of nitrogens with two attached hydrogens (primary N) is 1. The Hall–Kier alpha value is -0.480. The average Bonchev–Trinajstić information content (AvgIpc) is 2.70. The van der Waals surface area contributed by atoms with Gasteiger partial charge in [-0.1, -0.05) is 6.92 Å². The van der Waals surface area contributed by atoms with Gasteiger partial charge in [0.1, 0.15) is 0 Å². The van der Waals surface area contributed by atoms with Gasteiger partial charge in [0.15, 0.2) is 0 Å². The maximum Gasteiger partial charge on any atom is 0.0951 e. The number of aromatic nitrogens is 2. The monoisotopic (exact) mass is 211 g/mol. The standard InChI is InChI=1S/C10H17N3S/c1-7(11)10-5-12-6-13(10)9-3-4-14-8(9)2/h5-9H,3-4,11H2,1-2H3. The van der Waals surface area contributed by atoms with Crippen molar-refractivity contribution in [1.82, 2.24) is 9.55 Å². The molecule has 0 saturated carbocycles. The lowest BCUT2D eigenvalue weighted by molar-refractivity contribution is 0.478. The van der Waals surface area contributed by atoms with Crippen LogP contribution >= 0.6 is 11.8 Å². The van der Waals surface area contributed by atoms with Crippen molar-refractivity contribution in [2.75, 3.05) is 5.75 Å². The summed E-state index contributed by atoms with van der Waals surface area (Å²) >= 11 is 2.03. The number of imidazole rings is 1. The highest BCUT2D eigenvalue weighted by atomic mass is 32.2. The van der Waals surface area contributed by atoms with E-state index in [4.69, 9.17) is 5.73 Å². The third kappa shape index (κ3) is 1.68. The van der Waals surface area contributed by atoms with Crippen molar-refractivity contribution in [1.29, 1.82) is 0 Å². The van der Waals surface area contributed by atoms with Crippen LogP contribution in [-0.4, -0.2) is 20.6 Å². The minimum Gasteiger partial charge on any atom is -0.329 e. The van der Waals surface area contributed by atoms with Crippen molar-refractivity contribution >= 4 is 11.8 Å². The summed E-state index contributed by atoms with van der Waals surface area (Å²) in [6.07, 6.45) is 5.05. The number of nitrogens with zero attached hydrogens (tertiary/aromatic N) is 2. The highest BCUT2D eigenvalue weighted by Crippen LogP contribution is 2.36. The van der Waals surface area contributed by atoms with E-state index in [1.54, 1.807) is 0 Å². The SMILES string of the molecule is CC(N)c1cncn1C1CCSC1C. The van der Waals surface area contributed by atoms with Crippen LogP contribution in [0.25, 0.3) is 0 Å². The second-order valence-electron chi connectivity index (χ2n) is 3.95. The molecule has 1 aromatic rings. The van der Waals surface area contributed by atoms with Gasteiger partial charge < -0.3 is 10.3 Å². The molecular formula is C10H17N3S. The van der Waals surface area contributed by atoms with Crippen LogP contribution in [0.2, 0.25) is 0 Å². The quantitative estimate of drug-likeness (QED) is 0.813. The van der Waals surface area contributed by atoms with E-state index < -0.39 is 0 Å². The zero-order valence-corrected chi connectivity index (χ0v) is 9.50. The summed E-state index contributed by atoms with van der Waals surface area (Å²) in [5.74, 6) is 1.25. The molecule has 0 aliphatic carbocycles. The summed E-state index contributed by atoms with van der Waals surface area (Å²) in [6.45, 7) is 4.30. The summed E-state index contributed by atoms with van der Waals surface area (Å²) in [7, 11) is 0. The molecule has 0 bridgehead atoms. The molecule has 4 heteroatoms. The summed E-state index contributed by atoms with van der Waals surface area (Å²) in [6, 6.07) is 0.666. The van der Waals surface area contributed by atoms with Crippen molar-refractivity contribution in [3.63, 3.8) is 0 Å². The molecule has 78 valence electrons. The minimum absolute atomic E-state index is 0.0790. The lowest BCUT2D eigenvalue weighted by Gasteiger charge is -2.20. The van der Waals surface area contributed by atoms with Gasteiger partial charge in [0.25, 0.3) is 0 Å². The van der Waals surface area contributed by atoms with Gasteiger partial charge >= 0.3 is 0 Å². The van der Waals surface area contributed by atoms with Crippen molar-refractivity contribution in [3.05, 3.63) is 18.2 Å². The second-order valence-corrected chi connectivity index (χ2v) is 5.43. The van der Waals surface area contributed by atoms with Crippen LogP contribution in [-0.2, 0) is 0 Å². The van der Waals surface area contributed by atoms with Gasteiger partial charge in [-0.25, -0.2) is 4.98 Å². The first-order chi connectivity index (χ1) is 6.70. The largest absolute Gasteiger partial charge is 0.329 e. The van der Waals surface area contributed by atoms with Gasteiger partial charge in [0.05, 0.1) is 12.0 Å². The van der Waals surface area contributed by atoms with Crippen molar-refractivity contribution in [3.8, 4) is 0 Å². The smallest absolute Gasteiger partial charge is 0.0951 e. The Morgan fingerprint density at radius 1 is 1.71 bits per heavy atom. The Labute approximate surface area is 89.1 Å². The fourth-order valence-corrected chi connectivity index (χ4v) is 3.27. The lowest BCUT2D eigenvalue weighted by Crippen LogP contribution is -2.19. The van der Waals surface area contributed by atoms with Gasteiger partial charge in [0, 0.05) is 23.5 Å². The third-order valence-corrected chi connectivity index (χ3v) is 4.17. The molecule has 1 fully saturated rings. The van der Waals surface area contributed by atoms with Crippen LogP contribution < -0.4 is 5.73 Å². The number of hydrogen-bond donors (Lipinski definition) is 1. The number of rotatable bonds is 2. The van der Waals surface area contributed by atoms with Gasteiger partial charge in [-0.05, 0) is 19.1 Å². The molecule has 2 N–H and O–H groups in total. The van der Waals surface area contributed by atoms with Crippen molar-refractivity contribution < 1.29 is 0 Å². The Morgan fingerprint density at radius 2 is 2.50 bits per heavy atom. The molecule has 3 unspecified atom stereocenters. The predicted molar refractivity (Wildman–Crippen MR) is 60.4 cm³/mol. The molecule has 14 heavy (non-hydrogen) atoms. The molecule has 1 aliphatic heterocycles. The molecule has 1 saturated heterocycles. The minimum atomic E-state index is 0.0790. The Balaban J connectivity index is 2.26. The first-order valence-corrected chi connectivity index (χ1v) is 6.14. The Bertz CT molecular complexity index is 308. The van der Waals surface area contributed by atoms with Gasteiger partial charge in [-0.2, -0.15) is 11.8 Å². The number of thioether (sulfide) groups is 1. The summed E-state index contributed by atoms with van der Waals surface area (Å²) in [5, 5.41) is 0.682. The molecule has 1 aromatic heterocycles. The summed E-state index contributed by atoms with van der Waals surface area (Å²) in [4.78, 5) is 4.20. The fourth-order valence-electron chi connectivity index (χ4n) is 2.03. The van der Waals surface area contributed by atoms with E-state index in [-0.39, 0.29) is 6.04 Å². The van der Waals surface area contributed by atoms with Crippen LogP contribution in [0.4, 0.5) is 0 Å². The van der Waals surface area contributed by atoms with Crippen molar-refractivity contribution in [2.45, 2.75) is 37.6 Å². The molecule has 2 heterocycles. The Kier molecular flexibility index (Phi) is 2.83. The van der Waals surface area contributed by atoms with E-state index in [0.29, 0.717) is 11.3 Å². The first kappa shape index (κ1) is 10.1. The zero-order valence-electron chi connectivity index (χ0n) is 8.68. The molecule has 1 aliphatic rings. The van der Waals surface area contributed by atoms with Gasteiger partial charge in [-0.3, -0.25) is 0 Å². The van der Waals surface area contributed by atoms with Crippen molar-refractivity contribution in [2.24, 2.45) is 5.73 Å². The fraction of sp³-hybridized carbons (Fsp3) is 0.700. The molecule has 2 rings (SSSR count). The molecule has 0 amide bonds. The average molecular weight is 211 g/mol. The van der Waals surface area contributed by atoms with E-state index in [0.717, 1.165) is 5.69 Å². The van der Waals surface area contributed by atoms with Crippen LogP contribution in [0.3, 0.4) is 0 Å². The number of hydrogen-bond acceptors (Lipinski definition) is 3. The second kappa shape index (κ2) is 3.95. The van der Waals surface area contributed by atoms with Crippen LogP contribution in [0.15, 0.2) is 12.5 Å². The molecule has 0 radical (unpaired) electrons. The van der Waals surface area contributed by atoms with Crippen LogP contribution in [0.5, 0.6) is 0 Å². The molecule has 3 atom stereocenters. The topological polar surface area (TPSA) is 43.8 Å². The molecular weight excluding hydrogens is 194 g/mol. The molecule has 0 aromatic carbocycles. The third-order valence-electron chi connectivity index (χ3n) is 2.86. The maximum absolute atomic E-state index is 5.90. The van der Waals surface area contributed by atoms with E-state index in [1.807, 2.05) is 31.2 Å². The maximum atomic E-state index is 5.90. The molecule has 0 spiro atoms. The van der Waals surface area contributed by atoms with E-state index in [2.05, 4.69) is 16.5 Å². The van der Waals surface area contributed by atoms with E-state index in [9.17, 15) is 0 Å². The predicted octanol–water partition coefficient (Wildman–Crippen LogP) is 1.97. The summed E-state index contributed by atoms with van der Waals surface area (Å²) in [5.41, 5.74) is 7.06. The van der Waals surface area contributed by atoms with E-state index >= 15 is 0 Å². The molecule has 3 nitrogen and oxygen atoms in total. The van der Waals surface area contributed by atoms with Gasteiger partial charge in [0.2, 0.25) is 0 Å². The van der Waals surface area contributed by atoms with Crippen LogP contribution in [0.1, 0.15) is 38.0 Å². The lowest BCUT2D eigenvalue weighted by atomic mass is 10.1. The van der Waals surface area contributed by atoms with Gasteiger partial charge in [-0.15, -0.1) is 0 Å². The van der Waals surface area contributed by atoms with E-state index in [1.165, 1.54) is 12.2 Å². The summed E-state index contributed by atoms with van der Waals surface area (Å²) < 4.78 is 2.26. The normalized spacial score (nSPS) is 29.4.